The Morgan fingerprint density at radius 2 is 2.23 bits per heavy atom. The minimum atomic E-state index is -1.21. The molecule has 0 bridgehead atoms. The molecule has 0 aliphatic rings. The van der Waals surface area contributed by atoms with Gasteiger partial charge in [0.15, 0.2) is 11.4 Å². The van der Waals surface area contributed by atoms with Crippen molar-refractivity contribution in [1.29, 1.82) is 0 Å². The number of carboxylic acid groups (broad SMARTS) is 1. The monoisotopic (exact) mass is 184 g/mol. The molecule has 0 saturated carbocycles. The first-order valence-electron chi connectivity index (χ1n) is 3.41. The second-order valence-electron chi connectivity index (χ2n) is 2.35. The first kappa shape index (κ1) is 9.24. The van der Waals surface area contributed by atoms with Crippen molar-refractivity contribution in [2.24, 2.45) is 7.05 Å². The van der Waals surface area contributed by atoms with Crippen LogP contribution in [0.3, 0.4) is 0 Å². The van der Waals surface area contributed by atoms with Gasteiger partial charge in [-0.2, -0.15) is 0 Å². The van der Waals surface area contributed by atoms with E-state index in [-0.39, 0.29) is 11.4 Å². The Labute approximate surface area is 73.8 Å². The van der Waals surface area contributed by atoms with Crippen LogP contribution in [-0.2, 0) is 11.8 Å². The largest absolute Gasteiger partial charge is 0.476 e. The number of nitrogens with zero attached hydrogens (tertiary/aromatic N) is 2. The number of hydrogen-bond donors (Lipinski definition) is 1. The second kappa shape index (κ2) is 3.26. The Morgan fingerprint density at radius 1 is 1.62 bits per heavy atom. The molecule has 1 aromatic rings. The summed E-state index contributed by atoms with van der Waals surface area (Å²) in [5.74, 6) is -1.96. The Balaban J connectivity index is 3.22. The van der Waals surface area contributed by atoms with Gasteiger partial charge in [-0.3, -0.25) is 0 Å². The Kier molecular flexibility index (Phi) is 2.32. The first-order chi connectivity index (χ1) is 6.07. The third-order valence-electron chi connectivity index (χ3n) is 1.52. The molecule has 0 aliphatic heterocycles. The van der Waals surface area contributed by atoms with Gasteiger partial charge in [0.2, 0.25) is 0 Å². The van der Waals surface area contributed by atoms with Crippen molar-refractivity contribution in [3.05, 3.63) is 17.7 Å². The summed E-state index contributed by atoms with van der Waals surface area (Å²) in [7, 11) is 2.66. The van der Waals surface area contributed by atoms with Crippen LogP contribution in [0.4, 0.5) is 0 Å². The van der Waals surface area contributed by atoms with Gasteiger partial charge in [-0.15, -0.1) is 0 Å². The molecule has 6 heteroatoms. The molecule has 70 valence electrons. The van der Waals surface area contributed by atoms with Crippen molar-refractivity contribution in [2.75, 3.05) is 7.11 Å². The predicted molar refractivity (Wildman–Crippen MR) is 41.5 cm³/mol. The number of hydrogen-bond acceptors (Lipinski definition) is 4. The third-order valence-corrected chi connectivity index (χ3v) is 1.52. The summed E-state index contributed by atoms with van der Waals surface area (Å²) in [5, 5.41) is 8.71. The van der Waals surface area contributed by atoms with Gasteiger partial charge in [0.1, 0.15) is 0 Å². The van der Waals surface area contributed by atoms with Gasteiger partial charge in [0, 0.05) is 7.05 Å². The van der Waals surface area contributed by atoms with Crippen LogP contribution in [0.2, 0.25) is 0 Å². The predicted octanol–water partition coefficient (Wildman–Crippen LogP) is -0.0951. The number of aromatic nitrogens is 2. The summed E-state index contributed by atoms with van der Waals surface area (Å²) in [6.07, 6.45) is 1.25. The lowest BCUT2D eigenvalue weighted by Gasteiger charge is -1.98. The molecule has 0 aliphatic carbocycles. The van der Waals surface area contributed by atoms with Crippen LogP contribution in [0.1, 0.15) is 21.0 Å². The second-order valence-corrected chi connectivity index (χ2v) is 2.35. The summed E-state index contributed by atoms with van der Waals surface area (Å²) >= 11 is 0. The van der Waals surface area contributed by atoms with E-state index in [2.05, 4.69) is 9.72 Å². The standard InChI is InChI=1S/C7H8N2O4/c1-9-3-8-4(7(12)13-2)5(9)6(10)11/h3H,1-2H3,(H,10,11). The highest BCUT2D eigenvalue weighted by Gasteiger charge is 2.22. The van der Waals surface area contributed by atoms with E-state index in [1.54, 1.807) is 0 Å². The fourth-order valence-corrected chi connectivity index (χ4v) is 0.928. The number of carbonyl (C=O) groups is 2. The molecule has 0 saturated heterocycles. The highest BCUT2D eigenvalue weighted by atomic mass is 16.5. The molecule has 0 aromatic carbocycles. The fourth-order valence-electron chi connectivity index (χ4n) is 0.928. The van der Waals surface area contributed by atoms with Crippen molar-refractivity contribution in [3.8, 4) is 0 Å². The lowest BCUT2D eigenvalue weighted by atomic mass is 10.3. The van der Waals surface area contributed by atoms with Crippen LogP contribution in [0, 0.1) is 0 Å². The Morgan fingerprint density at radius 3 is 2.69 bits per heavy atom. The van der Waals surface area contributed by atoms with Crippen LogP contribution in [0.15, 0.2) is 6.33 Å². The molecule has 0 spiro atoms. The van der Waals surface area contributed by atoms with Crippen LogP contribution >= 0.6 is 0 Å². The average molecular weight is 184 g/mol. The maximum absolute atomic E-state index is 11.0. The summed E-state index contributed by atoms with van der Waals surface area (Å²) < 4.78 is 5.61. The lowest BCUT2D eigenvalue weighted by molar-refractivity contribution is 0.0574. The number of imidazole rings is 1. The lowest BCUT2D eigenvalue weighted by Crippen LogP contribution is -2.12. The molecule has 1 N–H and O–H groups in total. The number of aromatic carboxylic acids is 1. The summed E-state index contributed by atoms with van der Waals surface area (Å²) in [6, 6.07) is 0. The SMILES string of the molecule is COC(=O)c1ncn(C)c1C(=O)O. The quantitative estimate of drug-likeness (QED) is 0.649. The zero-order valence-electron chi connectivity index (χ0n) is 7.14. The normalized spacial score (nSPS) is 9.69. The Hall–Kier alpha value is -1.85. The fraction of sp³-hybridized carbons (Fsp3) is 0.286. The molecule has 0 atom stereocenters. The minimum absolute atomic E-state index is 0.174. The van der Waals surface area contributed by atoms with E-state index in [9.17, 15) is 9.59 Å². The molecule has 0 amide bonds. The van der Waals surface area contributed by atoms with Gasteiger partial charge in [-0.25, -0.2) is 14.6 Å². The molecule has 1 heterocycles. The van der Waals surface area contributed by atoms with Crippen molar-refractivity contribution >= 4 is 11.9 Å². The molecule has 6 nitrogen and oxygen atoms in total. The molecule has 0 radical (unpaired) electrons. The van der Waals surface area contributed by atoms with E-state index in [0.29, 0.717) is 0 Å². The van der Waals surface area contributed by atoms with E-state index in [1.807, 2.05) is 0 Å². The number of aryl methyl sites for hydroxylation is 1. The maximum Gasteiger partial charge on any atom is 0.359 e. The van der Waals surface area contributed by atoms with E-state index in [0.717, 1.165) is 0 Å². The third kappa shape index (κ3) is 1.51. The van der Waals surface area contributed by atoms with Gasteiger partial charge >= 0.3 is 11.9 Å². The minimum Gasteiger partial charge on any atom is -0.476 e. The number of carbonyl (C=O) groups excluding carboxylic acids is 1. The molecular weight excluding hydrogens is 176 g/mol. The van der Waals surface area contributed by atoms with Crippen LogP contribution < -0.4 is 0 Å². The smallest absolute Gasteiger partial charge is 0.359 e. The van der Waals surface area contributed by atoms with Crippen LogP contribution in [-0.4, -0.2) is 33.7 Å². The molecule has 13 heavy (non-hydrogen) atoms. The summed E-state index contributed by atoms with van der Waals surface area (Å²) in [6.45, 7) is 0. The van der Waals surface area contributed by atoms with Gasteiger partial charge in [-0.1, -0.05) is 0 Å². The van der Waals surface area contributed by atoms with Crippen molar-refractivity contribution in [2.45, 2.75) is 0 Å². The van der Waals surface area contributed by atoms with E-state index in [4.69, 9.17) is 5.11 Å². The number of methoxy groups -OCH3 is 1. The molecule has 0 fully saturated rings. The van der Waals surface area contributed by atoms with Crippen molar-refractivity contribution < 1.29 is 19.4 Å². The average Bonchev–Trinajstić information content (AvgIpc) is 2.45. The summed E-state index contributed by atoms with van der Waals surface area (Å²) in [4.78, 5) is 25.3. The van der Waals surface area contributed by atoms with E-state index in [1.165, 1.54) is 25.1 Å². The van der Waals surface area contributed by atoms with Gasteiger partial charge < -0.3 is 14.4 Å². The summed E-state index contributed by atoms with van der Waals surface area (Å²) in [5.41, 5.74) is -0.357. The molecule has 1 aromatic heterocycles. The van der Waals surface area contributed by atoms with Gasteiger partial charge in [0.05, 0.1) is 13.4 Å². The first-order valence-corrected chi connectivity index (χ1v) is 3.41. The number of ether oxygens (including phenoxy) is 1. The zero-order chi connectivity index (χ0) is 10.0. The molecule has 1 rings (SSSR count). The number of rotatable bonds is 2. The molecular formula is C7H8N2O4. The van der Waals surface area contributed by atoms with Gasteiger partial charge in [-0.05, 0) is 0 Å². The zero-order valence-corrected chi connectivity index (χ0v) is 7.14. The topological polar surface area (TPSA) is 81.4 Å². The number of carboxylic acids is 1. The van der Waals surface area contributed by atoms with Crippen LogP contribution in [0.5, 0.6) is 0 Å². The Bertz CT molecular complexity index is 355. The number of esters is 1. The van der Waals surface area contributed by atoms with E-state index >= 15 is 0 Å². The van der Waals surface area contributed by atoms with Gasteiger partial charge in [0.25, 0.3) is 0 Å². The molecule has 0 unspecified atom stereocenters. The van der Waals surface area contributed by atoms with Crippen molar-refractivity contribution in [3.63, 3.8) is 0 Å². The highest BCUT2D eigenvalue weighted by molar-refractivity contribution is 5.99. The highest BCUT2D eigenvalue weighted by Crippen LogP contribution is 2.06. The van der Waals surface area contributed by atoms with Crippen LogP contribution in [0.25, 0.3) is 0 Å². The van der Waals surface area contributed by atoms with E-state index < -0.39 is 11.9 Å². The van der Waals surface area contributed by atoms with Crippen molar-refractivity contribution in [1.82, 2.24) is 9.55 Å². The maximum atomic E-state index is 11.0.